The van der Waals surface area contributed by atoms with Gasteiger partial charge < -0.3 is 19.3 Å². The molecule has 1 atom stereocenters. The molecule has 1 unspecified atom stereocenters. The number of carbonyl (C=O) groups excluding carboxylic acids is 1. The number of para-hydroxylation sites is 2. The third-order valence-electron chi connectivity index (χ3n) is 4.64. The van der Waals surface area contributed by atoms with Gasteiger partial charge in [0.1, 0.15) is 11.5 Å². The first kappa shape index (κ1) is 20.7. The van der Waals surface area contributed by atoms with Gasteiger partial charge in [0.25, 0.3) is 5.91 Å². The molecule has 2 heterocycles. The molecule has 0 aliphatic carbocycles. The first-order valence-corrected chi connectivity index (χ1v) is 11.2. The first-order valence-electron chi connectivity index (χ1n) is 9.33. The number of nitrogens with zero attached hydrogens (tertiary/aromatic N) is 3. The maximum absolute atomic E-state index is 12.7. The minimum Gasteiger partial charge on any atom is -0.497 e. The molecular weight excluding hydrogens is 424 g/mol. The largest absolute Gasteiger partial charge is 0.497 e. The molecule has 0 radical (unpaired) electrons. The van der Waals surface area contributed by atoms with Crippen LogP contribution in [0.1, 0.15) is 5.89 Å². The van der Waals surface area contributed by atoms with E-state index in [1.165, 1.54) is 0 Å². The van der Waals surface area contributed by atoms with Crippen molar-refractivity contribution in [2.75, 3.05) is 24.2 Å². The second kappa shape index (κ2) is 8.26. The van der Waals surface area contributed by atoms with Gasteiger partial charge in [-0.05, 0) is 24.3 Å². The van der Waals surface area contributed by atoms with Crippen LogP contribution in [0.4, 0.5) is 5.69 Å². The van der Waals surface area contributed by atoms with Gasteiger partial charge in [0.05, 0.1) is 32.1 Å². The van der Waals surface area contributed by atoms with E-state index in [0.29, 0.717) is 28.6 Å². The average molecular weight is 444 g/mol. The fourth-order valence-electron chi connectivity index (χ4n) is 3.14. The van der Waals surface area contributed by atoms with E-state index in [1.54, 1.807) is 49.6 Å². The van der Waals surface area contributed by atoms with Crippen LogP contribution in [0.2, 0.25) is 0 Å². The van der Waals surface area contributed by atoms with Crippen molar-refractivity contribution in [3.8, 4) is 22.9 Å². The van der Waals surface area contributed by atoms with E-state index in [0.717, 1.165) is 10.6 Å². The molecule has 1 aromatic heterocycles. The molecule has 10 nitrogen and oxygen atoms in total. The molecule has 0 fully saturated rings. The number of fused-ring (bicyclic) bond motifs is 1. The highest BCUT2D eigenvalue weighted by molar-refractivity contribution is 7.92. The summed E-state index contributed by atoms with van der Waals surface area (Å²) < 4.78 is 41.6. The zero-order valence-corrected chi connectivity index (χ0v) is 17.6. The second-order valence-corrected chi connectivity index (χ2v) is 8.74. The Morgan fingerprint density at radius 1 is 1.26 bits per heavy atom. The number of benzene rings is 2. The fourth-order valence-corrected chi connectivity index (χ4v) is 4.05. The van der Waals surface area contributed by atoms with Crippen LogP contribution in [0.25, 0.3) is 11.4 Å². The van der Waals surface area contributed by atoms with Crippen LogP contribution in [-0.4, -0.2) is 50.5 Å². The van der Waals surface area contributed by atoms with Gasteiger partial charge in [-0.15, -0.1) is 0 Å². The summed E-state index contributed by atoms with van der Waals surface area (Å²) in [5.41, 5.74) is 1.10. The fraction of sp³-hybridized carbons (Fsp3) is 0.250. The van der Waals surface area contributed by atoms with Crippen LogP contribution in [0.5, 0.6) is 11.5 Å². The minimum atomic E-state index is -3.58. The number of carbonyl (C=O) groups is 1. The average Bonchev–Trinajstić information content (AvgIpc) is 3.25. The van der Waals surface area contributed by atoms with E-state index >= 15 is 0 Å². The molecule has 2 aromatic carbocycles. The number of hydrogen-bond donors (Lipinski definition) is 1. The number of sulfonamides is 1. The molecule has 0 spiro atoms. The summed E-state index contributed by atoms with van der Waals surface area (Å²) in [6.45, 7) is -0.170. The van der Waals surface area contributed by atoms with E-state index in [1.807, 2.05) is 6.07 Å². The Kier molecular flexibility index (Phi) is 5.51. The normalized spacial score (nSPS) is 15.7. The predicted octanol–water partition coefficient (Wildman–Crippen LogP) is 1.59. The third kappa shape index (κ3) is 4.45. The molecule has 0 saturated carbocycles. The van der Waals surface area contributed by atoms with E-state index in [2.05, 4.69) is 15.5 Å². The standard InChI is InChI=1S/C20H20N4O6S/c1-28-14-7-5-6-13(10-14)19-22-18(30-23-19)11-21-20(25)17-12-24(31(2,26)27)15-8-3-4-9-16(15)29-17/h3-10,17H,11-12H2,1-2H3,(H,21,25). The van der Waals surface area contributed by atoms with Crippen LogP contribution in [-0.2, 0) is 21.4 Å². The summed E-state index contributed by atoms with van der Waals surface area (Å²) in [6, 6.07) is 13.8. The van der Waals surface area contributed by atoms with Gasteiger partial charge in [-0.25, -0.2) is 8.42 Å². The third-order valence-corrected chi connectivity index (χ3v) is 5.78. The molecule has 1 aliphatic heterocycles. The van der Waals surface area contributed by atoms with Gasteiger partial charge in [0.15, 0.2) is 6.10 Å². The first-order chi connectivity index (χ1) is 14.8. The maximum Gasteiger partial charge on any atom is 0.263 e. The van der Waals surface area contributed by atoms with Crippen molar-refractivity contribution < 1.29 is 27.2 Å². The lowest BCUT2D eigenvalue weighted by molar-refractivity contribution is -0.128. The Balaban J connectivity index is 1.44. The van der Waals surface area contributed by atoms with E-state index in [-0.39, 0.29) is 19.0 Å². The molecule has 0 saturated heterocycles. The molecule has 4 rings (SSSR count). The lowest BCUT2D eigenvalue weighted by Gasteiger charge is -2.33. The molecule has 162 valence electrons. The molecule has 0 bridgehead atoms. The zero-order chi connectivity index (χ0) is 22.0. The predicted molar refractivity (Wildman–Crippen MR) is 111 cm³/mol. The Labute approximate surface area is 178 Å². The van der Waals surface area contributed by atoms with Crippen molar-refractivity contribution in [2.45, 2.75) is 12.6 Å². The summed E-state index contributed by atoms with van der Waals surface area (Å²) in [4.78, 5) is 16.9. The molecule has 1 amide bonds. The van der Waals surface area contributed by atoms with Gasteiger partial charge in [-0.3, -0.25) is 9.10 Å². The van der Waals surface area contributed by atoms with Crippen molar-refractivity contribution in [1.29, 1.82) is 0 Å². The van der Waals surface area contributed by atoms with Crippen LogP contribution in [0.3, 0.4) is 0 Å². The lowest BCUT2D eigenvalue weighted by Crippen LogP contribution is -2.50. The number of ether oxygens (including phenoxy) is 2. The highest BCUT2D eigenvalue weighted by Crippen LogP contribution is 2.34. The van der Waals surface area contributed by atoms with Gasteiger partial charge in [-0.1, -0.05) is 29.4 Å². The van der Waals surface area contributed by atoms with Gasteiger partial charge in [0, 0.05) is 5.56 Å². The van der Waals surface area contributed by atoms with Crippen molar-refractivity contribution >= 4 is 21.6 Å². The molecule has 31 heavy (non-hydrogen) atoms. The molecule has 1 N–H and O–H groups in total. The number of methoxy groups -OCH3 is 1. The summed E-state index contributed by atoms with van der Waals surface area (Å²) >= 11 is 0. The van der Waals surface area contributed by atoms with Crippen molar-refractivity contribution in [1.82, 2.24) is 15.5 Å². The van der Waals surface area contributed by atoms with E-state index in [4.69, 9.17) is 14.0 Å². The summed E-state index contributed by atoms with van der Waals surface area (Å²) in [6.07, 6.45) is 0.0631. The number of aromatic nitrogens is 2. The quantitative estimate of drug-likeness (QED) is 0.608. The van der Waals surface area contributed by atoms with Crippen molar-refractivity contribution in [3.63, 3.8) is 0 Å². The summed E-state index contributed by atoms with van der Waals surface area (Å²) in [5, 5.41) is 6.57. The van der Waals surface area contributed by atoms with Crippen molar-refractivity contribution in [2.24, 2.45) is 0 Å². The Morgan fingerprint density at radius 2 is 2.06 bits per heavy atom. The van der Waals surface area contributed by atoms with Crippen LogP contribution >= 0.6 is 0 Å². The number of rotatable bonds is 6. The number of hydrogen-bond acceptors (Lipinski definition) is 8. The monoisotopic (exact) mass is 444 g/mol. The lowest BCUT2D eigenvalue weighted by atomic mass is 10.2. The number of amides is 1. The zero-order valence-electron chi connectivity index (χ0n) is 16.8. The number of nitrogens with one attached hydrogen (secondary N) is 1. The van der Waals surface area contributed by atoms with E-state index < -0.39 is 22.0 Å². The van der Waals surface area contributed by atoms with E-state index in [9.17, 15) is 13.2 Å². The summed E-state index contributed by atoms with van der Waals surface area (Å²) in [7, 11) is -2.02. The SMILES string of the molecule is COc1cccc(-c2noc(CNC(=O)C3CN(S(C)(=O)=O)c4ccccc4O3)n2)c1. The molecule has 1 aliphatic rings. The van der Waals surface area contributed by atoms with Gasteiger partial charge in [-0.2, -0.15) is 4.98 Å². The van der Waals surface area contributed by atoms with Gasteiger partial charge in [0.2, 0.25) is 21.7 Å². The molecular formula is C20H20N4O6S. The molecule has 11 heteroatoms. The Morgan fingerprint density at radius 3 is 2.84 bits per heavy atom. The molecule has 3 aromatic rings. The van der Waals surface area contributed by atoms with Crippen LogP contribution in [0.15, 0.2) is 53.1 Å². The smallest absolute Gasteiger partial charge is 0.263 e. The highest BCUT2D eigenvalue weighted by atomic mass is 32.2. The van der Waals surface area contributed by atoms with Gasteiger partial charge >= 0.3 is 0 Å². The van der Waals surface area contributed by atoms with Crippen molar-refractivity contribution in [3.05, 3.63) is 54.4 Å². The van der Waals surface area contributed by atoms with Crippen LogP contribution in [0, 0.1) is 0 Å². The number of anilines is 1. The second-order valence-electron chi connectivity index (χ2n) is 6.83. The van der Waals surface area contributed by atoms with Crippen LogP contribution < -0.4 is 19.1 Å². The topological polar surface area (TPSA) is 124 Å². The highest BCUT2D eigenvalue weighted by Gasteiger charge is 2.34. The summed E-state index contributed by atoms with van der Waals surface area (Å²) in [5.74, 6) is 1.03. The Bertz CT molecular complexity index is 1210. The minimum absolute atomic E-state index is 0.0316. The maximum atomic E-state index is 12.7. The Hall–Kier alpha value is -3.60.